The normalized spacial score (nSPS) is 11.9. The Balaban J connectivity index is 2.39. The Morgan fingerprint density at radius 3 is 2.60 bits per heavy atom. The summed E-state index contributed by atoms with van der Waals surface area (Å²) in [7, 11) is -3.87. The topological polar surface area (TPSA) is 86.2 Å². The molecule has 0 atom stereocenters. The van der Waals surface area contributed by atoms with E-state index in [0.717, 1.165) is 0 Å². The zero-order chi connectivity index (χ0) is 14.3. The van der Waals surface area contributed by atoms with Crippen molar-refractivity contribution in [3.8, 4) is 11.3 Å². The molecule has 0 aliphatic carbocycles. The Morgan fingerprint density at radius 2 is 1.85 bits per heavy atom. The van der Waals surface area contributed by atoms with E-state index in [0.29, 0.717) is 27.2 Å². The molecule has 2 aromatic carbocycles. The van der Waals surface area contributed by atoms with Gasteiger partial charge in [0, 0.05) is 5.56 Å². The fraction of sp³-hybridized carbons (Fsp3) is 0. The van der Waals surface area contributed by atoms with Crippen molar-refractivity contribution in [2.75, 3.05) is 0 Å². The van der Waals surface area contributed by atoms with Gasteiger partial charge in [0.05, 0.1) is 15.3 Å². The van der Waals surface area contributed by atoms with Gasteiger partial charge < -0.3 is 4.52 Å². The summed E-state index contributed by atoms with van der Waals surface area (Å²) in [6.07, 6.45) is 0. The van der Waals surface area contributed by atoms with Crippen molar-refractivity contribution >= 4 is 32.6 Å². The standard InChI is InChI=1S/C13H9ClN2O3S/c14-9-5-3-6-10-12(9)13(16-19-10)8-4-1-2-7-11(8)20(15,17)18/h1-7H,(H2,15,17,18). The maximum Gasteiger partial charge on any atom is 0.238 e. The summed E-state index contributed by atoms with van der Waals surface area (Å²) in [4.78, 5) is -0.0184. The SMILES string of the molecule is NS(=O)(=O)c1ccccc1-c1noc2cccc(Cl)c12. The van der Waals surface area contributed by atoms with Crippen molar-refractivity contribution in [3.05, 3.63) is 47.5 Å². The third-order valence-electron chi connectivity index (χ3n) is 2.90. The summed E-state index contributed by atoms with van der Waals surface area (Å²) in [6, 6.07) is 11.4. The molecule has 102 valence electrons. The minimum Gasteiger partial charge on any atom is -0.356 e. The molecule has 0 bridgehead atoms. The second kappa shape index (κ2) is 4.59. The number of sulfonamides is 1. The molecule has 3 rings (SSSR count). The summed E-state index contributed by atoms with van der Waals surface area (Å²) < 4.78 is 28.5. The Morgan fingerprint density at radius 1 is 1.10 bits per heavy atom. The number of aromatic nitrogens is 1. The summed E-state index contributed by atoms with van der Waals surface area (Å²) in [6.45, 7) is 0. The number of fused-ring (bicyclic) bond motifs is 1. The van der Waals surface area contributed by atoms with Crippen LogP contribution in [0, 0.1) is 0 Å². The van der Waals surface area contributed by atoms with Crippen LogP contribution in [0.1, 0.15) is 0 Å². The van der Waals surface area contributed by atoms with Gasteiger partial charge in [-0.15, -0.1) is 0 Å². The highest BCUT2D eigenvalue weighted by molar-refractivity contribution is 7.89. The van der Waals surface area contributed by atoms with Crippen LogP contribution in [0.25, 0.3) is 22.2 Å². The summed E-state index contributed by atoms with van der Waals surface area (Å²) in [5.74, 6) is 0. The van der Waals surface area contributed by atoms with E-state index >= 15 is 0 Å². The Labute approximate surface area is 120 Å². The Bertz CT molecular complexity index is 903. The van der Waals surface area contributed by atoms with E-state index in [1.807, 2.05) is 0 Å². The summed E-state index contributed by atoms with van der Waals surface area (Å²) in [5, 5.41) is 10.1. The second-order valence-corrected chi connectivity index (χ2v) is 6.12. The maximum absolute atomic E-state index is 11.7. The van der Waals surface area contributed by atoms with Crippen molar-refractivity contribution in [2.24, 2.45) is 5.14 Å². The molecule has 3 aromatic rings. The van der Waals surface area contributed by atoms with Crippen LogP contribution in [0.5, 0.6) is 0 Å². The van der Waals surface area contributed by atoms with Gasteiger partial charge in [-0.2, -0.15) is 0 Å². The van der Waals surface area contributed by atoms with Gasteiger partial charge in [-0.3, -0.25) is 0 Å². The largest absolute Gasteiger partial charge is 0.356 e. The zero-order valence-corrected chi connectivity index (χ0v) is 11.6. The average molecular weight is 309 g/mol. The fourth-order valence-corrected chi connectivity index (χ4v) is 3.04. The van der Waals surface area contributed by atoms with Gasteiger partial charge in [-0.05, 0) is 18.2 Å². The summed E-state index contributed by atoms with van der Waals surface area (Å²) in [5.41, 5.74) is 1.20. The van der Waals surface area contributed by atoms with Crippen molar-refractivity contribution in [1.29, 1.82) is 0 Å². The maximum atomic E-state index is 11.7. The van der Waals surface area contributed by atoms with Crippen LogP contribution in [0.2, 0.25) is 5.02 Å². The van der Waals surface area contributed by atoms with E-state index in [9.17, 15) is 8.42 Å². The molecule has 0 saturated carbocycles. The number of nitrogens with zero attached hydrogens (tertiary/aromatic N) is 1. The first kappa shape index (κ1) is 13.1. The molecule has 1 aromatic heterocycles. The Kier molecular flexibility index (Phi) is 3.01. The van der Waals surface area contributed by atoms with Crippen LogP contribution in [0.4, 0.5) is 0 Å². The molecule has 0 aliphatic heterocycles. The highest BCUT2D eigenvalue weighted by Crippen LogP contribution is 2.35. The molecular formula is C13H9ClN2O3S. The van der Waals surface area contributed by atoms with Crippen LogP contribution < -0.4 is 5.14 Å². The van der Waals surface area contributed by atoms with Gasteiger partial charge in [-0.1, -0.05) is 41.0 Å². The van der Waals surface area contributed by atoms with Crippen molar-refractivity contribution in [3.63, 3.8) is 0 Å². The van der Waals surface area contributed by atoms with Gasteiger partial charge in [0.15, 0.2) is 5.58 Å². The Hall–Kier alpha value is -1.89. The number of hydrogen-bond donors (Lipinski definition) is 1. The molecule has 0 radical (unpaired) electrons. The summed E-state index contributed by atoms with van der Waals surface area (Å²) >= 11 is 6.14. The first-order valence-corrected chi connectivity index (χ1v) is 7.57. The highest BCUT2D eigenvalue weighted by Gasteiger charge is 2.20. The molecule has 0 amide bonds. The first-order valence-electron chi connectivity index (χ1n) is 5.64. The van der Waals surface area contributed by atoms with Gasteiger partial charge in [-0.25, -0.2) is 13.6 Å². The lowest BCUT2D eigenvalue weighted by Gasteiger charge is -2.05. The number of rotatable bonds is 2. The van der Waals surface area contributed by atoms with Crippen LogP contribution in [-0.4, -0.2) is 13.6 Å². The smallest absolute Gasteiger partial charge is 0.238 e. The van der Waals surface area contributed by atoms with Gasteiger partial charge >= 0.3 is 0 Å². The van der Waals surface area contributed by atoms with Crippen molar-refractivity contribution in [2.45, 2.75) is 4.90 Å². The molecule has 7 heteroatoms. The lowest BCUT2D eigenvalue weighted by Crippen LogP contribution is -2.13. The molecule has 1 heterocycles. The fourth-order valence-electron chi connectivity index (χ4n) is 2.04. The third kappa shape index (κ3) is 2.07. The van der Waals surface area contributed by atoms with E-state index in [1.54, 1.807) is 36.4 Å². The molecule has 0 fully saturated rings. The van der Waals surface area contributed by atoms with E-state index in [2.05, 4.69) is 5.16 Å². The molecule has 2 N–H and O–H groups in total. The quantitative estimate of drug-likeness (QED) is 0.788. The molecule has 20 heavy (non-hydrogen) atoms. The number of benzene rings is 2. The number of primary sulfonamides is 1. The first-order chi connectivity index (χ1) is 9.48. The average Bonchev–Trinajstić information content (AvgIpc) is 2.83. The van der Waals surface area contributed by atoms with E-state index in [1.165, 1.54) is 6.07 Å². The van der Waals surface area contributed by atoms with Gasteiger partial charge in [0.2, 0.25) is 10.0 Å². The van der Waals surface area contributed by atoms with Crippen LogP contribution in [-0.2, 0) is 10.0 Å². The third-order valence-corrected chi connectivity index (χ3v) is 4.18. The number of hydrogen-bond acceptors (Lipinski definition) is 4. The molecule has 0 saturated heterocycles. The molecule has 0 spiro atoms. The monoisotopic (exact) mass is 308 g/mol. The van der Waals surface area contributed by atoms with Crippen LogP contribution >= 0.6 is 11.6 Å². The number of nitrogens with two attached hydrogens (primary N) is 1. The highest BCUT2D eigenvalue weighted by atomic mass is 35.5. The van der Waals surface area contributed by atoms with Gasteiger partial charge in [0.25, 0.3) is 0 Å². The van der Waals surface area contributed by atoms with Crippen molar-refractivity contribution < 1.29 is 12.9 Å². The second-order valence-electron chi connectivity index (χ2n) is 4.19. The van der Waals surface area contributed by atoms with Crippen LogP contribution in [0.15, 0.2) is 51.9 Å². The minimum absolute atomic E-state index is 0.0184. The van der Waals surface area contributed by atoms with Crippen LogP contribution in [0.3, 0.4) is 0 Å². The molecule has 5 nitrogen and oxygen atoms in total. The lowest BCUT2D eigenvalue weighted by atomic mass is 10.1. The van der Waals surface area contributed by atoms with E-state index < -0.39 is 10.0 Å². The van der Waals surface area contributed by atoms with Gasteiger partial charge in [0.1, 0.15) is 5.69 Å². The predicted octanol–water partition coefficient (Wildman–Crippen LogP) is 2.80. The van der Waals surface area contributed by atoms with E-state index in [4.69, 9.17) is 21.3 Å². The molecule has 0 aliphatic rings. The van der Waals surface area contributed by atoms with E-state index in [-0.39, 0.29) is 4.90 Å². The minimum atomic E-state index is -3.87. The zero-order valence-electron chi connectivity index (χ0n) is 10.1. The number of halogens is 1. The molecular weight excluding hydrogens is 300 g/mol. The molecule has 0 unspecified atom stereocenters. The lowest BCUT2D eigenvalue weighted by molar-refractivity contribution is 0.459. The van der Waals surface area contributed by atoms with Crippen molar-refractivity contribution in [1.82, 2.24) is 5.16 Å². The predicted molar refractivity (Wildman–Crippen MR) is 75.8 cm³/mol.